The number of carbonyl (C=O) groups excluding carboxylic acids is 3. The zero-order chi connectivity index (χ0) is 21.7. The van der Waals surface area contributed by atoms with Crippen LogP contribution in [0.2, 0.25) is 0 Å². The Morgan fingerprint density at radius 2 is 1.83 bits per heavy atom. The average molecular weight is 426 g/mol. The molecular formula is C21H18N2O6S. The van der Waals surface area contributed by atoms with E-state index in [0.29, 0.717) is 22.7 Å². The first-order chi connectivity index (χ1) is 14.4. The van der Waals surface area contributed by atoms with E-state index in [-0.39, 0.29) is 17.3 Å². The molecular weight excluding hydrogens is 408 g/mol. The van der Waals surface area contributed by atoms with Crippen molar-refractivity contribution < 1.29 is 28.6 Å². The molecule has 2 aromatic carbocycles. The summed E-state index contributed by atoms with van der Waals surface area (Å²) in [4.78, 5) is 37.9. The molecule has 154 valence electrons. The van der Waals surface area contributed by atoms with E-state index in [1.54, 1.807) is 42.5 Å². The van der Waals surface area contributed by atoms with Crippen LogP contribution in [0.3, 0.4) is 0 Å². The predicted molar refractivity (Wildman–Crippen MR) is 113 cm³/mol. The van der Waals surface area contributed by atoms with Crippen molar-refractivity contribution in [2.75, 3.05) is 25.7 Å². The lowest BCUT2D eigenvalue weighted by atomic mass is 10.1. The van der Waals surface area contributed by atoms with Crippen LogP contribution >= 0.6 is 12.2 Å². The molecule has 8 nitrogen and oxygen atoms in total. The summed E-state index contributed by atoms with van der Waals surface area (Å²) in [5.74, 6) is -1.03. The summed E-state index contributed by atoms with van der Waals surface area (Å²) in [7, 11) is 2.69. The monoisotopic (exact) mass is 426 g/mol. The Labute approximate surface area is 178 Å². The predicted octanol–water partition coefficient (Wildman–Crippen LogP) is 2.08. The number of rotatable bonds is 6. The van der Waals surface area contributed by atoms with Gasteiger partial charge in [0.2, 0.25) is 0 Å². The fourth-order valence-corrected chi connectivity index (χ4v) is 3.01. The number of esters is 1. The van der Waals surface area contributed by atoms with Crippen molar-refractivity contribution in [2.45, 2.75) is 0 Å². The summed E-state index contributed by atoms with van der Waals surface area (Å²) < 4.78 is 15.2. The van der Waals surface area contributed by atoms with Gasteiger partial charge in [0, 0.05) is 0 Å². The summed E-state index contributed by atoms with van der Waals surface area (Å²) in [5.41, 5.74) is 0.983. The van der Waals surface area contributed by atoms with Gasteiger partial charge in [0.25, 0.3) is 11.8 Å². The number of para-hydroxylation sites is 1. The van der Waals surface area contributed by atoms with E-state index < -0.39 is 17.8 Å². The van der Waals surface area contributed by atoms with Crippen LogP contribution in [0.25, 0.3) is 6.08 Å². The number of thiocarbonyl (C=S) groups is 1. The fraction of sp³-hybridized carbons (Fsp3) is 0.143. The molecule has 0 aliphatic carbocycles. The molecule has 0 saturated carbocycles. The number of ether oxygens (including phenoxy) is 3. The van der Waals surface area contributed by atoms with Gasteiger partial charge >= 0.3 is 5.97 Å². The molecule has 3 rings (SSSR count). The van der Waals surface area contributed by atoms with Crippen molar-refractivity contribution in [1.82, 2.24) is 5.32 Å². The third kappa shape index (κ3) is 4.47. The molecule has 1 fully saturated rings. The Morgan fingerprint density at radius 1 is 1.10 bits per heavy atom. The van der Waals surface area contributed by atoms with Crippen LogP contribution in [0, 0.1) is 0 Å². The minimum absolute atomic E-state index is 0.0116. The molecule has 1 aliphatic rings. The number of hydrogen-bond donors (Lipinski definition) is 1. The number of carbonyl (C=O) groups is 3. The Hall–Kier alpha value is -3.72. The second-order valence-corrected chi connectivity index (χ2v) is 6.46. The lowest BCUT2D eigenvalue weighted by Crippen LogP contribution is -2.54. The van der Waals surface area contributed by atoms with Gasteiger partial charge in [-0.15, -0.1) is 0 Å². The normalized spacial score (nSPS) is 15.1. The van der Waals surface area contributed by atoms with Crippen LogP contribution in [0.4, 0.5) is 5.69 Å². The lowest BCUT2D eigenvalue weighted by Gasteiger charge is -2.28. The highest BCUT2D eigenvalue weighted by atomic mass is 32.1. The maximum atomic E-state index is 13.0. The zero-order valence-corrected chi connectivity index (χ0v) is 17.0. The van der Waals surface area contributed by atoms with Gasteiger partial charge in [-0.3, -0.25) is 19.8 Å². The molecule has 30 heavy (non-hydrogen) atoms. The molecule has 0 bridgehead atoms. The maximum absolute atomic E-state index is 13.0. The van der Waals surface area contributed by atoms with E-state index in [1.165, 1.54) is 25.2 Å². The minimum atomic E-state index is -0.595. The number of anilines is 1. The molecule has 1 saturated heterocycles. The van der Waals surface area contributed by atoms with Gasteiger partial charge in [-0.05, 0) is 48.1 Å². The van der Waals surface area contributed by atoms with Crippen molar-refractivity contribution in [3.05, 3.63) is 59.7 Å². The number of hydrogen-bond acceptors (Lipinski definition) is 7. The lowest BCUT2D eigenvalue weighted by molar-refractivity contribution is -0.143. The van der Waals surface area contributed by atoms with Crippen LogP contribution in [0.5, 0.6) is 11.5 Å². The summed E-state index contributed by atoms with van der Waals surface area (Å²) in [6.07, 6.45) is 1.43. The Morgan fingerprint density at radius 3 is 2.50 bits per heavy atom. The zero-order valence-electron chi connectivity index (χ0n) is 16.2. The molecule has 0 aromatic heterocycles. The summed E-state index contributed by atoms with van der Waals surface area (Å²) >= 11 is 5.17. The first-order valence-electron chi connectivity index (χ1n) is 8.78. The van der Waals surface area contributed by atoms with E-state index in [9.17, 15) is 14.4 Å². The number of amides is 2. The topological polar surface area (TPSA) is 94.2 Å². The van der Waals surface area contributed by atoms with E-state index >= 15 is 0 Å². The highest BCUT2D eigenvalue weighted by Crippen LogP contribution is 2.30. The van der Waals surface area contributed by atoms with Crippen LogP contribution in [-0.2, 0) is 19.1 Å². The van der Waals surface area contributed by atoms with E-state index in [0.717, 1.165) is 0 Å². The molecule has 1 N–H and O–H groups in total. The Bertz CT molecular complexity index is 1040. The van der Waals surface area contributed by atoms with Crippen molar-refractivity contribution in [1.29, 1.82) is 0 Å². The van der Waals surface area contributed by atoms with Gasteiger partial charge in [0.05, 0.1) is 19.9 Å². The highest BCUT2D eigenvalue weighted by Gasteiger charge is 2.34. The van der Waals surface area contributed by atoms with Crippen molar-refractivity contribution in [3.8, 4) is 11.5 Å². The first kappa shape index (κ1) is 21.0. The number of methoxy groups -OCH3 is 2. The molecule has 0 radical (unpaired) electrons. The third-order valence-electron chi connectivity index (χ3n) is 4.19. The number of nitrogens with one attached hydrogen (secondary N) is 1. The Kier molecular flexibility index (Phi) is 6.43. The van der Waals surface area contributed by atoms with Gasteiger partial charge in [0.1, 0.15) is 5.57 Å². The van der Waals surface area contributed by atoms with Gasteiger partial charge in [-0.1, -0.05) is 24.3 Å². The van der Waals surface area contributed by atoms with Crippen LogP contribution in [0.15, 0.2) is 54.1 Å². The van der Waals surface area contributed by atoms with Crippen molar-refractivity contribution in [2.24, 2.45) is 0 Å². The van der Waals surface area contributed by atoms with Gasteiger partial charge in [0.15, 0.2) is 23.2 Å². The van der Waals surface area contributed by atoms with Crippen molar-refractivity contribution >= 4 is 46.9 Å². The molecule has 2 amide bonds. The second-order valence-electron chi connectivity index (χ2n) is 6.07. The second kappa shape index (κ2) is 9.19. The fourth-order valence-electron chi connectivity index (χ4n) is 2.72. The molecule has 1 heterocycles. The summed E-state index contributed by atoms with van der Waals surface area (Å²) in [6, 6.07) is 13.6. The number of benzene rings is 2. The quantitative estimate of drug-likeness (QED) is 0.327. The molecule has 9 heteroatoms. The van der Waals surface area contributed by atoms with Crippen LogP contribution in [0.1, 0.15) is 5.56 Å². The van der Waals surface area contributed by atoms with Gasteiger partial charge in [-0.2, -0.15) is 0 Å². The summed E-state index contributed by atoms with van der Waals surface area (Å²) in [6.45, 7) is -0.280. The molecule has 0 spiro atoms. The first-order valence-corrected chi connectivity index (χ1v) is 9.19. The highest BCUT2D eigenvalue weighted by molar-refractivity contribution is 7.80. The summed E-state index contributed by atoms with van der Waals surface area (Å²) in [5, 5.41) is 2.54. The Balaban J connectivity index is 1.90. The van der Waals surface area contributed by atoms with Crippen LogP contribution in [-0.4, -0.2) is 43.7 Å². The molecule has 0 unspecified atom stereocenters. The third-order valence-corrected chi connectivity index (χ3v) is 4.47. The van der Waals surface area contributed by atoms with Crippen LogP contribution < -0.4 is 19.7 Å². The molecule has 2 aromatic rings. The standard InChI is InChI=1S/C21H18N2O6S/c1-27-17-11-13(8-9-16(17)29-12-18(24)28-2)10-15-19(25)22-21(30)23(20(15)26)14-6-4-3-5-7-14/h3-11H,12H2,1-2H3,(H,22,25,30). The maximum Gasteiger partial charge on any atom is 0.343 e. The number of nitrogens with zero attached hydrogens (tertiary/aromatic N) is 1. The molecule has 0 atom stereocenters. The largest absolute Gasteiger partial charge is 0.493 e. The van der Waals surface area contributed by atoms with Crippen molar-refractivity contribution in [3.63, 3.8) is 0 Å². The van der Waals surface area contributed by atoms with Gasteiger partial charge in [-0.25, -0.2) is 4.79 Å². The van der Waals surface area contributed by atoms with Gasteiger partial charge < -0.3 is 14.2 Å². The van der Waals surface area contributed by atoms with E-state index in [4.69, 9.17) is 21.7 Å². The minimum Gasteiger partial charge on any atom is -0.493 e. The average Bonchev–Trinajstić information content (AvgIpc) is 2.75. The van der Waals surface area contributed by atoms with E-state index in [2.05, 4.69) is 10.1 Å². The smallest absolute Gasteiger partial charge is 0.343 e. The molecule has 1 aliphatic heterocycles. The SMILES string of the molecule is COC(=O)COc1ccc(C=C2C(=O)NC(=S)N(c3ccccc3)C2=O)cc1OC. The van der Waals surface area contributed by atoms with E-state index in [1.807, 2.05) is 6.07 Å².